The van der Waals surface area contributed by atoms with Crippen LogP contribution in [0.1, 0.15) is 10.6 Å². The Morgan fingerprint density at radius 2 is 1.56 bits per heavy atom. The summed E-state index contributed by atoms with van der Waals surface area (Å²) >= 11 is 0. The van der Waals surface area contributed by atoms with Crippen molar-refractivity contribution in [3.8, 4) is 11.5 Å². The standard InChI is InChI=1S/C17H14N2O5S/c18-25(21,22)16-11-10-15(24-16)17(20)19-12-6-8-14(9-7-12)23-13-4-2-1-3-5-13/h1-11H,(H,19,20)(H2,18,21,22). The van der Waals surface area contributed by atoms with Crippen molar-refractivity contribution in [1.29, 1.82) is 0 Å². The van der Waals surface area contributed by atoms with Gasteiger partial charge in [0.05, 0.1) is 0 Å². The second-order valence-corrected chi connectivity index (χ2v) is 6.55. The molecule has 2 aromatic carbocycles. The molecule has 128 valence electrons. The number of sulfonamides is 1. The Morgan fingerprint density at radius 1 is 0.920 bits per heavy atom. The summed E-state index contributed by atoms with van der Waals surface area (Å²) < 4.78 is 32.9. The fraction of sp³-hybridized carbons (Fsp3) is 0. The van der Waals surface area contributed by atoms with E-state index in [2.05, 4.69) is 5.32 Å². The number of hydrogen-bond donors (Lipinski definition) is 2. The summed E-state index contributed by atoms with van der Waals surface area (Å²) in [5, 5.41) is 7.06. The average molecular weight is 358 g/mol. The molecule has 0 bridgehead atoms. The molecule has 0 spiro atoms. The monoisotopic (exact) mass is 358 g/mol. The first kappa shape index (κ1) is 16.7. The number of primary sulfonamides is 1. The molecule has 1 heterocycles. The van der Waals surface area contributed by atoms with Gasteiger partial charge in [-0.05, 0) is 48.5 Å². The van der Waals surface area contributed by atoms with Crippen LogP contribution in [0.25, 0.3) is 0 Å². The predicted molar refractivity (Wildman–Crippen MR) is 91.0 cm³/mol. The van der Waals surface area contributed by atoms with Crippen LogP contribution in [-0.2, 0) is 10.0 Å². The molecule has 8 heteroatoms. The number of ether oxygens (including phenoxy) is 1. The zero-order valence-electron chi connectivity index (χ0n) is 12.9. The molecule has 3 aromatic rings. The number of carbonyl (C=O) groups is 1. The molecule has 0 aliphatic carbocycles. The highest BCUT2D eigenvalue weighted by atomic mass is 32.2. The molecule has 0 radical (unpaired) electrons. The minimum Gasteiger partial charge on any atom is -0.457 e. The normalized spacial score (nSPS) is 11.1. The number of nitrogens with two attached hydrogens (primary N) is 1. The maximum atomic E-state index is 12.1. The lowest BCUT2D eigenvalue weighted by atomic mass is 10.3. The van der Waals surface area contributed by atoms with E-state index in [0.29, 0.717) is 17.2 Å². The van der Waals surface area contributed by atoms with E-state index in [-0.39, 0.29) is 5.76 Å². The maximum Gasteiger partial charge on any atom is 0.291 e. The molecule has 0 aliphatic heterocycles. The smallest absolute Gasteiger partial charge is 0.291 e. The first-order chi connectivity index (χ1) is 11.9. The Kier molecular flexibility index (Phi) is 4.55. The van der Waals surface area contributed by atoms with Crippen LogP contribution in [0.2, 0.25) is 0 Å². The largest absolute Gasteiger partial charge is 0.457 e. The quantitative estimate of drug-likeness (QED) is 0.728. The molecular formula is C17H14N2O5S. The number of furan rings is 1. The van der Waals surface area contributed by atoms with Crippen LogP contribution in [0.15, 0.2) is 76.2 Å². The summed E-state index contributed by atoms with van der Waals surface area (Å²) in [5.41, 5.74) is 0.499. The minimum absolute atomic E-state index is 0.159. The summed E-state index contributed by atoms with van der Waals surface area (Å²) in [7, 11) is -3.99. The highest BCUT2D eigenvalue weighted by Gasteiger charge is 2.17. The van der Waals surface area contributed by atoms with Gasteiger partial charge in [0.15, 0.2) is 5.76 Å². The predicted octanol–water partition coefficient (Wildman–Crippen LogP) is 2.97. The highest BCUT2D eigenvalue weighted by molar-refractivity contribution is 7.89. The molecule has 0 saturated heterocycles. The molecule has 25 heavy (non-hydrogen) atoms. The molecule has 7 nitrogen and oxygen atoms in total. The summed E-state index contributed by atoms with van der Waals surface area (Å²) in [6.45, 7) is 0. The number of benzene rings is 2. The second kappa shape index (κ2) is 6.80. The molecule has 0 unspecified atom stereocenters. The van der Waals surface area contributed by atoms with Crippen molar-refractivity contribution >= 4 is 21.6 Å². The van der Waals surface area contributed by atoms with Crippen molar-refractivity contribution < 1.29 is 22.4 Å². The zero-order valence-corrected chi connectivity index (χ0v) is 13.7. The zero-order chi connectivity index (χ0) is 17.9. The van der Waals surface area contributed by atoms with Crippen molar-refractivity contribution in [2.24, 2.45) is 5.14 Å². The molecule has 0 saturated carbocycles. The van der Waals surface area contributed by atoms with Crippen molar-refractivity contribution in [2.75, 3.05) is 5.32 Å². The number of anilines is 1. The Hall–Kier alpha value is -3.10. The van der Waals surface area contributed by atoms with E-state index in [4.69, 9.17) is 14.3 Å². The van der Waals surface area contributed by atoms with Gasteiger partial charge in [-0.2, -0.15) is 0 Å². The molecule has 0 fully saturated rings. The van der Waals surface area contributed by atoms with Gasteiger partial charge in [-0.3, -0.25) is 4.79 Å². The molecule has 1 amide bonds. The Balaban J connectivity index is 1.67. The van der Waals surface area contributed by atoms with Crippen LogP contribution in [0.4, 0.5) is 5.69 Å². The molecular weight excluding hydrogens is 344 g/mol. The summed E-state index contributed by atoms with van der Waals surface area (Å²) in [6.07, 6.45) is 0. The van der Waals surface area contributed by atoms with Gasteiger partial charge in [0, 0.05) is 5.69 Å². The minimum atomic E-state index is -3.99. The number of nitrogens with one attached hydrogen (secondary N) is 1. The van der Waals surface area contributed by atoms with E-state index in [1.54, 1.807) is 24.3 Å². The van der Waals surface area contributed by atoms with E-state index >= 15 is 0 Å². The SMILES string of the molecule is NS(=O)(=O)c1ccc(C(=O)Nc2ccc(Oc3ccccc3)cc2)o1. The van der Waals surface area contributed by atoms with Crippen molar-refractivity contribution in [3.63, 3.8) is 0 Å². The molecule has 3 rings (SSSR count). The number of rotatable bonds is 5. The number of hydrogen-bond acceptors (Lipinski definition) is 5. The van der Waals surface area contributed by atoms with E-state index in [1.165, 1.54) is 6.07 Å². The van der Waals surface area contributed by atoms with Crippen LogP contribution in [-0.4, -0.2) is 14.3 Å². The molecule has 0 atom stereocenters. The number of amides is 1. The van der Waals surface area contributed by atoms with Gasteiger partial charge in [-0.25, -0.2) is 13.6 Å². The Bertz CT molecular complexity index is 979. The average Bonchev–Trinajstić information content (AvgIpc) is 3.08. The van der Waals surface area contributed by atoms with Crippen LogP contribution in [0.3, 0.4) is 0 Å². The lowest BCUT2D eigenvalue weighted by Crippen LogP contribution is -2.12. The fourth-order valence-electron chi connectivity index (χ4n) is 2.02. The van der Waals surface area contributed by atoms with Gasteiger partial charge < -0.3 is 14.5 Å². The van der Waals surface area contributed by atoms with Gasteiger partial charge in [0.1, 0.15) is 11.5 Å². The number of carbonyl (C=O) groups excluding carboxylic acids is 1. The summed E-state index contributed by atoms with van der Waals surface area (Å²) in [4.78, 5) is 12.1. The first-order valence-corrected chi connectivity index (χ1v) is 8.73. The van der Waals surface area contributed by atoms with Gasteiger partial charge in [0.2, 0.25) is 5.09 Å². The molecule has 3 N–H and O–H groups in total. The van der Waals surface area contributed by atoms with Gasteiger partial charge >= 0.3 is 0 Å². The highest BCUT2D eigenvalue weighted by Crippen LogP contribution is 2.23. The van der Waals surface area contributed by atoms with Crippen LogP contribution in [0, 0.1) is 0 Å². The number of para-hydroxylation sites is 1. The van der Waals surface area contributed by atoms with Gasteiger partial charge in [0.25, 0.3) is 15.9 Å². The lowest BCUT2D eigenvalue weighted by molar-refractivity contribution is 0.0991. The fourth-order valence-corrected chi connectivity index (χ4v) is 2.48. The Labute approximate surface area is 144 Å². The van der Waals surface area contributed by atoms with E-state index in [0.717, 1.165) is 6.07 Å². The summed E-state index contributed by atoms with van der Waals surface area (Å²) in [5.74, 6) is 0.560. The molecule has 1 aromatic heterocycles. The maximum absolute atomic E-state index is 12.1. The van der Waals surface area contributed by atoms with Crippen molar-refractivity contribution in [3.05, 3.63) is 72.5 Å². The first-order valence-electron chi connectivity index (χ1n) is 7.19. The van der Waals surface area contributed by atoms with E-state index in [1.807, 2.05) is 30.3 Å². The third-order valence-corrected chi connectivity index (χ3v) is 3.96. The molecule has 0 aliphatic rings. The van der Waals surface area contributed by atoms with Gasteiger partial charge in [-0.15, -0.1) is 0 Å². The van der Waals surface area contributed by atoms with Crippen molar-refractivity contribution in [1.82, 2.24) is 0 Å². The van der Waals surface area contributed by atoms with E-state index < -0.39 is 21.0 Å². The topological polar surface area (TPSA) is 112 Å². The van der Waals surface area contributed by atoms with Crippen LogP contribution < -0.4 is 15.2 Å². The van der Waals surface area contributed by atoms with Crippen LogP contribution in [0.5, 0.6) is 11.5 Å². The van der Waals surface area contributed by atoms with E-state index in [9.17, 15) is 13.2 Å². The van der Waals surface area contributed by atoms with Gasteiger partial charge in [-0.1, -0.05) is 18.2 Å². The third kappa shape index (κ3) is 4.25. The lowest BCUT2D eigenvalue weighted by Gasteiger charge is -2.07. The second-order valence-electron chi connectivity index (χ2n) is 5.06. The summed E-state index contributed by atoms with van der Waals surface area (Å²) in [6, 6.07) is 18.3. The van der Waals surface area contributed by atoms with Crippen molar-refractivity contribution in [2.45, 2.75) is 5.09 Å². The van der Waals surface area contributed by atoms with Crippen LogP contribution >= 0.6 is 0 Å². The third-order valence-electron chi connectivity index (χ3n) is 3.18. The Morgan fingerprint density at radius 3 is 2.16 bits per heavy atom.